The molecule has 5 nitrogen and oxygen atoms in total. The molecule has 0 spiro atoms. The van der Waals surface area contributed by atoms with Crippen LogP contribution in [0.4, 0.5) is 0 Å². The average molecular weight is 407 g/mol. The van der Waals surface area contributed by atoms with Crippen LogP contribution in [0.2, 0.25) is 10.0 Å². The highest BCUT2D eigenvalue weighted by Crippen LogP contribution is 2.33. The maximum Gasteiger partial charge on any atom is 0.286 e. The molecule has 3 rings (SSSR count). The minimum Gasteiger partial charge on any atom is -0.199 e. The standard InChI is InChI=1S/C12H6BrCl2N3O2S/c13-7-5-8(14)9(15)6-12(7)21(19,20)18-11-4-2-1-3-10(11)16-17-18/h1-6H. The van der Waals surface area contributed by atoms with Gasteiger partial charge in [0.05, 0.1) is 10.0 Å². The van der Waals surface area contributed by atoms with Crippen LogP contribution in [0, 0.1) is 0 Å². The lowest BCUT2D eigenvalue weighted by Crippen LogP contribution is -2.15. The lowest BCUT2D eigenvalue weighted by molar-refractivity contribution is 0.579. The number of halogens is 3. The summed E-state index contributed by atoms with van der Waals surface area (Å²) in [4.78, 5) is -0.0347. The van der Waals surface area contributed by atoms with E-state index in [4.69, 9.17) is 23.2 Å². The van der Waals surface area contributed by atoms with E-state index in [1.807, 2.05) is 0 Å². The SMILES string of the molecule is O=S(=O)(c1cc(Cl)c(Cl)cc1Br)n1nnc2ccccc21. The van der Waals surface area contributed by atoms with Crippen LogP contribution in [0.25, 0.3) is 11.0 Å². The first-order chi connectivity index (χ1) is 9.91. The molecule has 0 atom stereocenters. The van der Waals surface area contributed by atoms with Crippen molar-refractivity contribution in [2.75, 3.05) is 0 Å². The molecule has 0 unspecified atom stereocenters. The van der Waals surface area contributed by atoms with Gasteiger partial charge in [-0.3, -0.25) is 0 Å². The smallest absolute Gasteiger partial charge is 0.199 e. The summed E-state index contributed by atoms with van der Waals surface area (Å²) in [7, 11) is -3.94. The van der Waals surface area contributed by atoms with E-state index in [1.54, 1.807) is 24.3 Å². The largest absolute Gasteiger partial charge is 0.286 e. The zero-order valence-electron chi connectivity index (χ0n) is 10.2. The van der Waals surface area contributed by atoms with Crippen LogP contribution in [-0.4, -0.2) is 22.8 Å². The monoisotopic (exact) mass is 405 g/mol. The Morgan fingerprint density at radius 1 is 1.10 bits per heavy atom. The predicted octanol–water partition coefficient (Wildman–Crippen LogP) is 3.74. The molecule has 0 aliphatic heterocycles. The third kappa shape index (κ3) is 2.44. The first-order valence-corrected chi connectivity index (χ1v) is 8.61. The van der Waals surface area contributed by atoms with Gasteiger partial charge in [0.1, 0.15) is 15.9 Å². The van der Waals surface area contributed by atoms with Gasteiger partial charge in [-0.2, -0.15) is 8.42 Å². The fourth-order valence-corrected chi connectivity index (χ4v) is 4.61. The minimum atomic E-state index is -3.94. The van der Waals surface area contributed by atoms with Crippen molar-refractivity contribution >= 4 is 60.2 Å². The van der Waals surface area contributed by atoms with Crippen molar-refractivity contribution in [3.8, 4) is 0 Å². The van der Waals surface area contributed by atoms with Crippen molar-refractivity contribution in [2.24, 2.45) is 0 Å². The second-order valence-electron chi connectivity index (χ2n) is 4.12. The van der Waals surface area contributed by atoms with Gasteiger partial charge in [0.15, 0.2) is 0 Å². The molecular weight excluding hydrogens is 401 g/mol. The van der Waals surface area contributed by atoms with Crippen LogP contribution in [0.1, 0.15) is 0 Å². The van der Waals surface area contributed by atoms with Gasteiger partial charge in [-0.15, -0.1) is 9.19 Å². The van der Waals surface area contributed by atoms with E-state index < -0.39 is 10.0 Å². The van der Waals surface area contributed by atoms with E-state index in [9.17, 15) is 8.42 Å². The molecule has 0 bridgehead atoms. The molecule has 0 aliphatic carbocycles. The number of nitrogens with zero attached hydrogens (tertiary/aromatic N) is 3. The molecule has 0 saturated carbocycles. The Labute approximate surface area is 138 Å². The van der Waals surface area contributed by atoms with Gasteiger partial charge in [-0.1, -0.05) is 40.5 Å². The summed E-state index contributed by atoms with van der Waals surface area (Å²) in [6.07, 6.45) is 0. The molecule has 9 heteroatoms. The Bertz CT molecular complexity index is 956. The van der Waals surface area contributed by atoms with Gasteiger partial charge in [0, 0.05) is 4.47 Å². The Morgan fingerprint density at radius 3 is 2.52 bits per heavy atom. The van der Waals surface area contributed by atoms with Crippen molar-refractivity contribution < 1.29 is 8.42 Å². The van der Waals surface area contributed by atoms with Crippen molar-refractivity contribution in [1.29, 1.82) is 0 Å². The number of aromatic nitrogens is 3. The van der Waals surface area contributed by atoms with Crippen LogP contribution in [0.15, 0.2) is 45.8 Å². The Morgan fingerprint density at radius 2 is 1.76 bits per heavy atom. The van der Waals surface area contributed by atoms with E-state index in [1.165, 1.54) is 12.1 Å². The fourth-order valence-electron chi connectivity index (χ4n) is 1.82. The molecule has 0 fully saturated rings. The molecule has 2 aromatic carbocycles. The molecule has 0 N–H and O–H groups in total. The van der Waals surface area contributed by atoms with Gasteiger partial charge in [0.2, 0.25) is 0 Å². The van der Waals surface area contributed by atoms with E-state index in [-0.39, 0.29) is 14.9 Å². The highest BCUT2D eigenvalue weighted by molar-refractivity contribution is 9.10. The minimum absolute atomic E-state index is 0.0347. The summed E-state index contributed by atoms with van der Waals surface area (Å²) in [6.45, 7) is 0. The lowest BCUT2D eigenvalue weighted by atomic mass is 10.3. The van der Waals surface area contributed by atoms with E-state index in [0.29, 0.717) is 15.5 Å². The van der Waals surface area contributed by atoms with Gasteiger partial charge >= 0.3 is 0 Å². The molecule has 0 amide bonds. The molecular formula is C12H6BrCl2N3O2S. The maximum atomic E-state index is 12.7. The number of hydrogen-bond acceptors (Lipinski definition) is 4. The zero-order chi connectivity index (χ0) is 15.2. The van der Waals surface area contributed by atoms with Gasteiger partial charge < -0.3 is 0 Å². The summed E-state index contributed by atoms with van der Waals surface area (Å²) in [6, 6.07) is 9.47. The normalized spacial score (nSPS) is 12.0. The number of benzene rings is 2. The molecule has 0 saturated heterocycles. The first kappa shape index (κ1) is 14.8. The van der Waals surface area contributed by atoms with Crippen LogP contribution in [0.3, 0.4) is 0 Å². The van der Waals surface area contributed by atoms with E-state index in [0.717, 1.165) is 4.09 Å². The summed E-state index contributed by atoms with van der Waals surface area (Å²) in [5.74, 6) is 0. The number of hydrogen-bond donors (Lipinski definition) is 0. The molecule has 1 heterocycles. The second kappa shape index (κ2) is 5.24. The third-order valence-corrected chi connectivity index (χ3v) is 6.06. The van der Waals surface area contributed by atoms with Crippen molar-refractivity contribution in [3.05, 3.63) is 50.9 Å². The highest BCUT2D eigenvalue weighted by atomic mass is 79.9. The van der Waals surface area contributed by atoms with Crippen molar-refractivity contribution in [2.45, 2.75) is 4.90 Å². The van der Waals surface area contributed by atoms with Crippen LogP contribution >= 0.6 is 39.1 Å². The summed E-state index contributed by atoms with van der Waals surface area (Å²) >= 11 is 15.0. The molecule has 21 heavy (non-hydrogen) atoms. The average Bonchev–Trinajstić information content (AvgIpc) is 2.87. The molecule has 1 aromatic heterocycles. The third-order valence-electron chi connectivity index (χ3n) is 2.80. The molecule has 3 aromatic rings. The van der Waals surface area contributed by atoms with Crippen LogP contribution < -0.4 is 0 Å². The van der Waals surface area contributed by atoms with Crippen molar-refractivity contribution in [3.63, 3.8) is 0 Å². The Balaban J connectivity index is 2.29. The van der Waals surface area contributed by atoms with E-state index in [2.05, 4.69) is 26.2 Å². The Kier molecular flexibility index (Phi) is 3.69. The summed E-state index contributed by atoms with van der Waals surface area (Å²) in [5.41, 5.74) is 0.868. The predicted molar refractivity (Wildman–Crippen MR) is 84.3 cm³/mol. The second-order valence-corrected chi connectivity index (χ2v) is 7.53. The highest BCUT2D eigenvalue weighted by Gasteiger charge is 2.25. The molecule has 108 valence electrons. The van der Waals surface area contributed by atoms with E-state index >= 15 is 0 Å². The Hall–Kier alpha value is -1.15. The molecule has 0 radical (unpaired) electrons. The molecule has 0 aliphatic rings. The first-order valence-electron chi connectivity index (χ1n) is 5.62. The van der Waals surface area contributed by atoms with Gasteiger partial charge in [0.25, 0.3) is 10.0 Å². The quantitative estimate of drug-likeness (QED) is 0.608. The zero-order valence-corrected chi connectivity index (χ0v) is 14.1. The van der Waals surface area contributed by atoms with Crippen LogP contribution in [0.5, 0.6) is 0 Å². The number of rotatable bonds is 2. The lowest BCUT2D eigenvalue weighted by Gasteiger charge is -2.08. The number of para-hydroxylation sites is 1. The number of fused-ring (bicyclic) bond motifs is 1. The van der Waals surface area contributed by atoms with Crippen LogP contribution in [-0.2, 0) is 10.0 Å². The van der Waals surface area contributed by atoms with Gasteiger partial charge in [-0.25, -0.2) is 0 Å². The fraction of sp³-hybridized carbons (Fsp3) is 0. The summed E-state index contributed by atoms with van der Waals surface area (Å²) < 4.78 is 26.6. The maximum absolute atomic E-state index is 12.7. The van der Waals surface area contributed by atoms with Gasteiger partial charge in [-0.05, 0) is 40.2 Å². The topological polar surface area (TPSA) is 64.8 Å². The summed E-state index contributed by atoms with van der Waals surface area (Å²) in [5, 5.41) is 7.95. The van der Waals surface area contributed by atoms with Crippen molar-refractivity contribution in [1.82, 2.24) is 14.4 Å².